The van der Waals surface area contributed by atoms with Gasteiger partial charge in [-0.1, -0.05) is 26.0 Å². The van der Waals surface area contributed by atoms with E-state index in [0.717, 1.165) is 5.57 Å². The standard InChI is InChI=1S/C17H25N/c1-12(2)15-9-13(3)16(14(4)10-15)18-8-7-17(5,6)11-18/h9-10H,1,7-8,11H2,2-6H3. The Morgan fingerprint density at radius 3 is 2.17 bits per heavy atom. The highest BCUT2D eigenvalue weighted by Crippen LogP contribution is 2.36. The summed E-state index contributed by atoms with van der Waals surface area (Å²) in [5.74, 6) is 0. The minimum Gasteiger partial charge on any atom is -0.371 e. The first-order valence-corrected chi connectivity index (χ1v) is 6.82. The lowest BCUT2D eigenvalue weighted by atomic mass is 9.93. The lowest BCUT2D eigenvalue weighted by Crippen LogP contribution is -2.24. The van der Waals surface area contributed by atoms with Crippen LogP contribution in [0.3, 0.4) is 0 Å². The Bertz CT molecular complexity index is 459. The first-order chi connectivity index (χ1) is 8.30. The summed E-state index contributed by atoms with van der Waals surface area (Å²) >= 11 is 0. The van der Waals surface area contributed by atoms with Gasteiger partial charge in [-0.3, -0.25) is 0 Å². The Morgan fingerprint density at radius 1 is 1.22 bits per heavy atom. The second kappa shape index (κ2) is 4.46. The van der Waals surface area contributed by atoms with Crippen LogP contribution >= 0.6 is 0 Å². The van der Waals surface area contributed by atoms with E-state index in [0.29, 0.717) is 5.41 Å². The van der Waals surface area contributed by atoms with Crippen molar-refractivity contribution in [2.75, 3.05) is 18.0 Å². The van der Waals surface area contributed by atoms with E-state index in [9.17, 15) is 0 Å². The lowest BCUT2D eigenvalue weighted by Gasteiger charge is -2.26. The molecule has 1 aromatic carbocycles. The van der Waals surface area contributed by atoms with Gasteiger partial charge in [0.05, 0.1) is 0 Å². The third-order valence-corrected chi connectivity index (χ3v) is 3.98. The molecule has 0 bridgehead atoms. The molecule has 1 aromatic rings. The van der Waals surface area contributed by atoms with Gasteiger partial charge in [-0.25, -0.2) is 0 Å². The highest BCUT2D eigenvalue weighted by molar-refractivity contribution is 5.69. The van der Waals surface area contributed by atoms with E-state index in [1.165, 1.54) is 41.9 Å². The fraction of sp³-hybridized carbons (Fsp3) is 0.529. The zero-order valence-electron chi connectivity index (χ0n) is 12.4. The summed E-state index contributed by atoms with van der Waals surface area (Å²) in [6.07, 6.45) is 1.29. The Balaban J connectivity index is 2.38. The Labute approximate surface area is 112 Å². The number of rotatable bonds is 2. The number of benzene rings is 1. The van der Waals surface area contributed by atoms with E-state index < -0.39 is 0 Å². The van der Waals surface area contributed by atoms with Crippen LogP contribution in [0.5, 0.6) is 0 Å². The average Bonchev–Trinajstić information content (AvgIpc) is 2.57. The molecule has 0 saturated carbocycles. The van der Waals surface area contributed by atoms with Crippen LogP contribution in [-0.2, 0) is 0 Å². The molecule has 18 heavy (non-hydrogen) atoms. The first kappa shape index (κ1) is 13.2. The van der Waals surface area contributed by atoms with Crippen molar-refractivity contribution >= 4 is 11.3 Å². The van der Waals surface area contributed by atoms with Crippen LogP contribution in [-0.4, -0.2) is 13.1 Å². The van der Waals surface area contributed by atoms with Gasteiger partial charge >= 0.3 is 0 Å². The average molecular weight is 243 g/mol. The molecule has 1 saturated heterocycles. The number of aryl methyl sites for hydroxylation is 2. The maximum atomic E-state index is 4.04. The predicted octanol–water partition coefficient (Wildman–Crippen LogP) is 4.57. The van der Waals surface area contributed by atoms with Gasteiger partial charge in [0.25, 0.3) is 0 Å². The van der Waals surface area contributed by atoms with Gasteiger partial charge in [-0.15, -0.1) is 0 Å². The normalized spacial score (nSPS) is 18.2. The van der Waals surface area contributed by atoms with Crippen molar-refractivity contribution in [2.24, 2.45) is 5.41 Å². The topological polar surface area (TPSA) is 3.24 Å². The lowest BCUT2D eigenvalue weighted by molar-refractivity contribution is 0.418. The molecule has 1 heterocycles. The van der Waals surface area contributed by atoms with E-state index in [4.69, 9.17) is 0 Å². The Kier molecular flexibility index (Phi) is 3.27. The molecule has 1 aliphatic heterocycles. The van der Waals surface area contributed by atoms with Gasteiger partial charge in [0.1, 0.15) is 0 Å². The Morgan fingerprint density at radius 2 is 1.78 bits per heavy atom. The van der Waals surface area contributed by atoms with Crippen LogP contribution in [0.25, 0.3) is 5.57 Å². The van der Waals surface area contributed by atoms with Gasteiger partial charge in [0.15, 0.2) is 0 Å². The van der Waals surface area contributed by atoms with Crippen molar-refractivity contribution in [2.45, 2.75) is 41.0 Å². The molecule has 0 radical (unpaired) electrons. The number of allylic oxidation sites excluding steroid dienone is 1. The number of nitrogens with zero attached hydrogens (tertiary/aromatic N) is 1. The van der Waals surface area contributed by atoms with Crippen molar-refractivity contribution < 1.29 is 0 Å². The van der Waals surface area contributed by atoms with Crippen LogP contribution in [0.2, 0.25) is 0 Å². The molecule has 1 nitrogen and oxygen atoms in total. The maximum absolute atomic E-state index is 4.04. The molecule has 0 aromatic heterocycles. The van der Waals surface area contributed by atoms with Crippen molar-refractivity contribution in [3.05, 3.63) is 35.4 Å². The summed E-state index contributed by atoms with van der Waals surface area (Å²) in [6, 6.07) is 4.55. The molecule has 98 valence electrons. The number of hydrogen-bond donors (Lipinski definition) is 0. The summed E-state index contributed by atoms with van der Waals surface area (Å²) in [5.41, 5.74) is 7.06. The van der Waals surface area contributed by atoms with Gasteiger partial charge < -0.3 is 4.90 Å². The third kappa shape index (κ3) is 2.45. The van der Waals surface area contributed by atoms with Gasteiger partial charge in [0.2, 0.25) is 0 Å². The second-order valence-corrected chi connectivity index (χ2v) is 6.57. The molecule has 0 spiro atoms. The largest absolute Gasteiger partial charge is 0.371 e. The summed E-state index contributed by atoms with van der Waals surface area (Å²) in [4.78, 5) is 2.55. The quantitative estimate of drug-likeness (QED) is 0.735. The summed E-state index contributed by atoms with van der Waals surface area (Å²) in [6.45, 7) is 17.6. The highest BCUT2D eigenvalue weighted by atomic mass is 15.2. The molecule has 0 aliphatic carbocycles. The predicted molar refractivity (Wildman–Crippen MR) is 81.2 cm³/mol. The summed E-state index contributed by atoms with van der Waals surface area (Å²) in [5, 5.41) is 0. The molecular weight excluding hydrogens is 218 g/mol. The summed E-state index contributed by atoms with van der Waals surface area (Å²) < 4.78 is 0. The minimum absolute atomic E-state index is 0.450. The van der Waals surface area contributed by atoms with Crippen LogP contribution < -0.4 is 4.90 Å². The number of hydrogen-bond acceptors (Lipinski definition) is 1. The third-order valence-electron chi connectivity index (χ3n) is 3.98. The molecule has 1 heteroatoms. The Hall–Kier alpha value is -1.24. The van der Waals surface area contributed by atoms with Crippen molar-refractivity contribution in [1.82, 2.24) is 0 Å². The van der Waals surface area contributed by atoms with Crippen LogP contribution in [0.1, 0.15) is 43.9 Å². The van der Waals surface area contributed by atoms with E-state index in [2.05, 4.69) is 58.2 Å². The molecule has 2 rings (SSSR count). The molecule has 0 atom stereocenters. The molecule has 0 N–H and O–H groups in total. The smallest absolute Gasteiger partial charge is 0.0426 e. The summed E-state index contributed by atoms with van der Waals surface area (Å²) in [7, 11) is 0. The zero-order valence-corrected chi connectivity index (χ0v) is 12.4. The van der Waals surface area contributed by atoms with Crippen LogP contribution in [0.15, 0.2) is 18.7 Å². The fourth-order valence-corrected chi connectivity index (χ4v) is 3.00. The molecule has 1 aliphatic rings. The second-order valence-electron chi connectivity index (χ2n) is 6.57. The van der Waals surface area contributed by atoms with Crippen molar-refractivity contribution in [3.8, 4) is 0 Å². The fourth-order valence-electron chi connectivity index (χ4n) is 3.00. The monoisotopic (exact) mass is 243 g/mol. The van der Waals surface area contributed by atoms with E-state index in [1.54, 1.807) is 0 Å². The van der Waals surface area contributed by atoms with Gasteiger partial charge in [0, 0.05) is 18.8 Å². The van der Waals surface area contributed by atoms with E-state index in [-0.39, 0.29) is 0 Å². The maximum Gasteiger partial charge on any atom is 0.0426 e. The minimum atomic E-state index is 0.450. The van der Waals surface area contributed by atoms with Crippen molar-refractivity contribution in [3.63, 3.8) is 0 Å². The zero-order chi connectivity index (χ0) is 13.5. The van der Waals surface area contributed by atoms with Crippen LogP contribution in [0, 0.1) is 19.3 Å². The van der Waals surface area contributed by atoms with Gasteiger partial charge in [-0.05, 0) is 61.4 Å². The highest BCUT2D eigenvalue weighted by Gasteiger charge is 2.30. The molecular formula is C17H25N. The molecule has 0 unspecified atom stereocenters. The van der Waals surface area contributed by atoms with Crippen molar-refractivity contribution in [1.29, 1.82) is 0 Å². The SMILES string of the molecule is C=C(C)c1cc(C)c(N2CCC(C)(C)C2)c(C)c1. The first-order valence-electron chi connectivity index (χ1n) is 6.82. The van der Waals surface area contributed by atoms with E-state index >= 15 is 0 Å². The van der Waals surface area contributed by atoms with Crippen LogP contribution in [0.4, 0.5) is 5.69 Å². The van der Waals surface area contributed by atoms with Gasteiger partial charge in [-0.2, -0.15) is 0 Å². The van der Waals surface area contributed by atoms with E-state index in [1.807, 2.05) is 0 Å². The molecule has 0 amide bonds. The number of anilines is 1. The molecule has 1 fully saturated rings.